The number of nitrogens with zero attached hydrogens (tertiary/aromatic N) is 3. The molecular weight excluding hydrogens is 490 g/mol. The van der Waals surface area contributed by atoms with E-state index in [1.54, 1.807) is 4.90 Å². The number of esters is 1. The normalized spacial score (nSPS) is 35.4. The molecule has 1 spiro atoms. The van der Waals surface area contributed by atoms with Crippen molar-refractivity contribution < 1.29 is 33.7 Å². The second kappa shape index (κ2) is 11.5. The van der Waals surface area contributed by atoms with Crippen molar-refractivity contribution in [1.82, 2.24) is 14.7 Å². The number of unbranched alkanes of at least 4 members (excludes halogenated alkanes) is 2. The smallest absolute Gasteiger partial charge is 0.313 e. The van der Waals surface area contributed by atoms with Crippen LogP contribution in [0.25, 0.3) is 0 Å². The minimum Gasteiger partial charge on any atom is -0.465 e. The molecule has 5 aliphatic heterocycles. The van der Waals surface area contributed by atoms with Crippen molar-refractivity contribution in [2.75, 3.05) is 65.7 Å². The number of amides is 2. The van der Waals surface area contributed by atoms with Crippen LogP contribution in [0.2, 0.25) is 0 Å². The fourth-order valence-electron chi connectivity index (χ4n) is 6.87. The molecule has 1 unspecified atom stereocenters. The average Bonchev–Trinajstić information content (AvgIpc) is 3.27. The molecule has 3 fully saturated rings. The zero-order valence-electron chi connectivity index (χ0n) is 22.4. The molecule has 2 amide bonds. The highest BCUT2D eigenvalue weighted by atomic mass is 16.6. The molecule has 210 valence electrons. The lowest BCUT2D eigenvalue weighted by molar-refractivity contribution is -0.161. The summed E-state index contributed by atoms with van der Waals surface area (Å²) >= 11 is 0. The van der Waals surface area contributed by atoms with Crippen molar-refractivity contribution in [2.24, 2.45) is 11.8 Å². The largest absolute Gasteiger partial charge is 0.465 e. The van der Waals surface area contributed by atoms with Gasteiger partial charge in [0.15, 0.2) is 0 Å². The van der Waals surface area contributed by atoms with Crippen molar-refractivity contribution in [3.63, 3.8) is 0 Å². The van der Waals surface area contributed by atoms with Crippen LogP contribution in [0.5, 0.6) is 0 Å². The number of aliphatic hydroxyl groups is 1. The number of rotatable bonds is 9. The maximum atomic E-state index is 14.3. The number of likely N-dealkylation sites (tertiary alicyclic amines) is 1. The van der Waals surface area contributed by atoms with E-state index in [0.717, 1.165) is 26.1 Å². The monoisotopic (exact) mass is 531 g/mol. The number of cyclic esters (lactones) is 1. The Morgan fingerprint density at radius 3 is 2.53 bits per heavy atom. The van der Waals surface area contributed by atoms with Crippen molar-refractivity contribution in [1.29, 1.82) is 0 Å². The van der Waals surface area contributed by atoms with Crippen molar-refractivity contribution in [3.8, 4) is 0 Å². The molecule has 10 heteroatoms. The van der Waals surface area contributed by atoms with E-state index in [2.05, 4.69) is 4.90 Å². The van der Waals surface area contributed by atoms with Gasteiger partial charge in [-0.25, -0.2) is 0 Å². The van der Waals surface area contributed by atoms with E-state index in [1.165, 1.54) is 0 Å². The van der Waals surface area contributed by atoms with Gasteiger partial charge < -0.3 is 29.1 Å². The zero-order valence-corrected chi connectivity index (χ0v) is 22.4. The lowest BCUT2D eigenvalue weighted by Crippen LogP contribution is -2.57. The highest BCUT2D eigenvalue weighted by Gasteiger charge is 2.75. The lowest BCUT2D eigenvalue weighted by Gasteiger charge is -2.39. The third-order valence-corrected chi connectivity index (χ3v) is 8.83. The Bertz CT molecular complexity index is 964. The Labute approximate surface area is 224 Å². The first-order valence-corrected chi connectivity index (χ1v) is 14.2. The van der Waals surface area contributed by atoms with Gasteiger partial charge in [-0.05, 0) is 32.1 Å². The molecule has 0 aromatic heterocycles. The highest BCUT2D eigenvalue weighted by Crippen LogP contribution is 2.58. The Hall–Kier alpha value is -2.27. The number of aliphatic hydroxyl groups excluding tert-OH is 1. The summed E-state index contributed by atoms with van der Waals surface area (Å²) in [6.07, 6.45) is 10.8. The van der Waals surface area contributed by atoms with Crippen LogP contribution in [-0.4, -0.2) is 121 Å². The Kier molecular flexibility index (Phi) is 8.23. The number of ether oxygens (including phenoxy) is 3. The van der Waals surface area contributed by atoms with Gasteiger partial charge in [-0.1, -0.05) is 31.2 Å². The molecule has 1 N–H and O–H groups in total. The van der Waals surface area contributed by atoms with Crippen LogP contribution in [0.1, 0.15) is 39.0 Å². The van der Waals surface area contributed by atoms with Crippen LogP contribution in [0.4, 0.5) is 0 Å². The van der Waals surface area contributed by atoms with E-state index in [0.29, 0.717) is 58.5 Å². The maximum Gasteiger partial charge on any atom is 0.313 e. The van der Waals surface area contributed by atoms with E-state index in [-0.39, 0.29) is 25.0 Å². The van der Waals surface area contributed by atoms with Crippen molar-refractivity contribution in [3.05, 3.63) is 24.3 Å². The predicted octanol–water partition coefficient (Wildman–Crippen LogP) is 0.744. The van der Waals surface area contributed by atoms with Crippen LogP contribution < -0.4 is 0 Å². The SMILES string of the molecule is CC[C@@]12C=CCCOC(=O)[C@@H]1[C@H]1C(=O)N(CCCCCO)C3C(=O)N(CCN4CCOCC4)CC=C[C@@]31O2. The lowest BCUT2D eigenvalue weighted by atomic mass is 9.73. The Balaban J connectivity index is 1.49. The molecular formula is C28H41N3O7. The summed E-state index contributed by atoms with van der Waals surface area (Å²) in [4.78, 5) is 47.6. The van der Waals surface area contributed by atoms with E-state index in [1.807, 2.05) is 36.1 Å². The fraction of sp³-hybridized carbons (Fsp3) is 0.750. The number of carbonyl (C=O) groups excluding carboxylic acids is 3. The van der Waals surface area contributed by atoms with Crippen molar-refractivity contribution >= 4 is 17.8 Å². The maximum absolute atomic E-state index is 14.3. The van der Waals surface area contributed by atoms with E-state index < -0.39 is 35.0 Å². The number of fused-ring (bicyclic) bond motifs is 2. The molecule has 0 radical (unpaired) electrons. The fourth-order valence-corrected chi connectivity index (χ4v) is 6.87. The molecule has 3 saturated heterocycles. The van der Waals surface area contributed by atoms with Crippen LogP contribution in [-0.2, 0) is 28.6 Å². The van der Waals surface area contributed by atoms with Gasteiger partial charge in [-0.3, -0.25) is 19.3 Å². The minimum atomic E-state index is -1.24. The van der Waals surface area contributed by atoms with Crippen LogP contribution in [0.3, 0.4) is 0 Å². The van der Waals surface area contributed by atoms with Crippen LogP contribution in [0, 0.1) is 11.8 Å². The summed E-state index contributed by atoms with van der Waals surface area (Å²) < 4.78 is 17.9. The first-order valence-electron chi connectivity index (χ1n) is 14.2. The highest BCUT2D eigenvalue weighted by molar-refractivity contribution is 5.99. The molecule has 5 aliphatic rings. The molecule has 0 aromatic rings. The van der Waals surface area contributed by atoms with E-state index in [4.69, 9.17) is 14.2 Å². The minimum absolute atomic E-state index is 0.0866. The van der Waals surface area contributed by atoms with E-state index >= 15 is 0 Å². The molecule has 10 nitrogen and oxygen atoms in total. The second-order valence-corrected chi connectivity index (χ2v) is 10.9. The summed E-state index contributed by atoms with van der Waals surface area (Å²) in [5.74, 6) is -2.45. The third-order valence-electron chi connectivity index (χ3n) is 8.83. The van der Waals surface area contributed by atoms with Gasteiger partial charge in [0.1, 0.15) is 23.2 Å². The number of hydrogen-bond donors (Lipinski definition) is 1. The van der Waals surface area contributed by atoms with Crippen LogP contribution in [0.15, 0.2) is 24.3 Å². The van der Waals surface area contributed by atoms with Crippen LogP contribution >= 0.6 is 0 Å². The summed E-state index contributed by atoms with van der Waals surface area (Å²) in [6, 6.07) is -0.851. The summed E-state index contributed by atoms with van der Waals surface area (Å²) in [5.41, 5.74) is -2.25. The Morgan fingerprint density at radius 1 is 0.947 bits per heavy atom. The van der Waals surface area contributed by atoms with Gasteiger partial charge >= 0.3 is 5.97 Å². The molecule has 0 aromatic carbocycles. The van der Waals surface area contributed by atoms with E-state index in [9.17, 15) is 19.5 Å². The molecule has 5 heterocycles. The van der Waals surface area contributed by atoms with Gasteiger partial charge in [0.05, 0.1) is 25.7 Å². The van der Waals surface area contributed by atoms with Gasteiger partial charge in [0.2, 0.25) is 11.8 Å². The number of hydrogen-bond acceptors (Lipinski definition) is 8. The summed E-state index contributed by atoms with van der Waals surface area (Å²) in [5, 5.41) is 9.23. The molecule has 0 saturated carbocycles. The molecule has 5 atom stereocenters. The van der Waals surface area contributed by atoms with Gasteiger partial charge in [0, 0.05) is 45.9 Å². The standard InChI is InChI=1S/C28H41N3O7/c1-2-27-9-4-7-18-37-26(35)22(27)21-24(33)31(12-5-3-6-17-32)23-25(34)30(11-8-10-28(21,23)38-27)14-13-29-15-19-36-20-16-29/h4,8-10,21-23,32H,2-3,5-7,11-20H2,1H3/t21-,22-,23?,27+,28-/m0/s1. The quantitative estimate of drug-likeness (QED) is 0.264. The van der Waals surface area contributed by atoms with Crippen molar-refractivity contribution in [2.45, 2.75) is 56.3 Å². The molecule has 38 heavy (non-hydrogen) atoms. The molecule has 5 rings (SSSR count). The zero-order chi connectivity index (χ0) is 26.8. The molecule has 0 bridgehead atoms. The topological polar surface area (TPSA) is 109 Å². The van der Waals surface area contributed by atoms with Gasteiger partial charge in [-0.15, -0.1) is 0 Å². The molecule has 0 aliphatic carbocycles. The summed E-state index contributed by atoms with van der Waals surface area (Å²) in [7, 11) is 0. The average molecular weight is 532 g/mol. The van der Waals surface area contributed by atoms with Gasteiger partial charge in [-0.2, -0.15) is 0 Å². The number of morpholine rings is 1. The summed E-state index contributed by atoms with van der Waals surface area (Å²) in [6.45, 7) is 7.42. The second-order valence-electron chi connectivity index (χ2n) is 10.9. The predicted molar refractivity (Wildman–Crippen MR) is 138 cm³/mol. The van der Waals surface area contributed by atoms with Gasteiger partial charge in [0.25, 0.3) is 0 Å². The Morgan fingerprint density at radius 2 is 1.76 bits per heavy atom. The first kappa shape index (κ1) is 27.3. The number of carbonyl (C=O) groups is 3. The third kappa shape index (κ3) is 4.69. The first-order chi connectivity index (χ1) is 18.5.